The lowest BCUT2D eigenvalue weighted by Gasteiger charge is -2.32. The highest BCUT2D eigenvalue weighted by atomic mass is 16.5. The highest BCUT2D eigenvalue weighted by Crippen LogP contribution is 2.24. The maximum atomic E-state index is 12.9. The number of amides is 2. The molecule has 0 bridgehead atoms. The number of ether oxygens (including phenoxy) is 1. The minimum atomic E-state index is -0.314. The second-order valence-corrected chi connectivity index (χ2v) is 8.36. The minimum Gasteiger partial charge on any atom is -0.494 e. The minimum absolute atomic E-state index is 0.0453. The van der Waals surface area contributed by atoms with Gasteiger partial charge in [-0.15, -0.1) is 0 Å². The number of likely N-dealkylation sites (tertiary alicyclic amines) is 1. The number of nitrogens with zero attached hydrogens (tertiary/aromatic N) is 1. The van der Waals surface area contributed by atoms with Crippen molar-refractivity contribution in [3.05, 3.63) is 83.8 Å². The summed E-state index contributed by atoms with van der Waals surface area (Å²) in [5.41, 5.74) is 2.59. The van der Waals surface area contributed by atoms with E-state index in [0.29, 0.717) is 23.8 Å². The molecule has 33 heavy (non-hydrogen) atoms. The number of hydrogen-bond acceptors (Lipinski definition) is 4. The molecule has 1 N–H and O–H groups in total. The molecule has 0 spiro atoms. The van der Waals surface area contributed by atoms with E-state index in [1.165, 1.54) is 11.8 Å². The third kappa shape index (κ3) is 6.04. The van der Waals surface area contributed by atoms with Gasteiger partial charge in [0, 0.05) is 24.3 Å². The van der Waals surface area contributed by atoms with E-state index >= 15 is 0 Å². The van der Waals surface area contributed by atoms with Crippen molar-refractivity contribution in [1.82, 2.24) is 4.90 Å². The van der Waals surface area contributed by atoms with Gasteiger partial charge in [0.2, 0.25) is 0 Å². The van der Waals surface area contributed by atoms with Gasteiger partial charge in [0.05, 0.1) is 12.9 Å². The number of hydrogen-bond donors (Lipinski definition) is 1. The van der Waals surface area contributed by atoms with Crippen LogP contribution in [0.5, 0.6) is 5.75 Å². The Balaban J connectivity index is 1.23. The van der Waals surface area contributed by atoms with Crippen molar-refractivity contribution in [2.75, 3.05) is 25.0 Å². The Kier molecular flexibility index (Phi) is 7.45. The summed E-state index contributed by atoms with van der Waals surface area (Å²) < 4.78 is 10.6. The van der Waals surface area contributed by atoms with Gasteiger partial charge >= 0.3 is 0 Å². The largest absolute Gasteiger partial charge is 0.494 e. The molecule has 1 saturated heterocycles. The van der Waals surface area contributed by atoms with Crippen molar-refractivity contribution in [2.45, 2.75) is 32.6 Å². The van der Waals surface area contributed by atoms with Gasteiger partial charge in [-0.2, -0.15) is 0 Å². The summed E-state index contributed by atoms with van der Waals surface area (Å²) in [6.45, 7) is 4.24. The Morgan fingerprint density at radius 2 is 1.76 bits per heavy atom. The predicted molar refractivity (Wildman–Crippen MR) is 128 cm³/mol. The number of carbonyl (C=O) groups is 2. The van der Waals surface area contributed by atoms with Gasteiger partial charge in [0.1, 0.15) is 5.75 Å². The molecule has 0 unspecified atom stereocenters. The third-order valence-electron chi connectivity index (χ3n) is 6.11. The van der Waals surface area contributed by atoms with E-state index in [4.69, 9.17) is 9.15 Å². The van der Waals surface area contributed by atoms with Crippen LogP contribution in [-0.2, 0) is 6.42 Å². The Hall–Kier alpha value is -3.54. The fraction of sp³-hybridized carbons (Fsp3) is 0.333. The molecule has 3 aromatic rings. The number of carbonyl (C=O) groups excluding carboxylic acids is 2. The summed E-state index contributed by atoms with van der Waals surface area (Å²) in [7, 11) is 0. The van der Waals surface area contributed by atoms with Crippen LogP contribution in [-0.4, -0.2) is 36.4 Å². The lowest BCUT2D eigenvalue weighted by atomic mass is 9.90. The van der Waals surface area contributed by atoms with E-state index in [-0.39, 0.29) is 17.6 Å². The molecule has 2 heterocycles. The van der Waals surface area contributed by atoms with Crippen LogP contribution in [0.25, 0.3) is 0 Å². The Morgan fingerprint density at radius 1 is 1.03 bits per heavy atom. The number of aryl methyl sites for hydroxylation is 1. The van der Waals surface area contributed by atoms with Crippen LogP contribution in [0.15, 0.2) is 71.3 Å². The van der Waals surface area contributed by atoms with Gasteiger partial charge in [0.25, 0.3) is 11.8 Å². The SMILES string of the molecule is CCOc1ccc(CCC2CCN(C(=O)c3ccc(NC(=O)c4ccco4)cc3)CC2)cc1. The van der Waals surface area contributed by atoms with Crippen LogP contribution in [0.2, 0.25) is 0 Å². The molecule has 4 rings (SSSR count). The van der Waals surface area contributed by atoms with Gasteiger partial charge in [-0.3, -0.25) is 9.59 Å². The van der Waals surface area contributed by atoms with E-state index < -0.39 is 0 Å². The van der Waals surface area contributed by atoms with Crippen molar-refractivity contribution in [1.29, 1.82) is 0 Å². The van der Waals surface area contributed by atoms with Crippen molar-refractivity contribution >= 4 is 17.5 Å². The molecule has 0 atom stereocenters. The maximum Gasteiger partial charge on any atom is 0.291 e. The number of furan rings is 1. The third-order valence-corrected chi connectivity index (χ3v) is 6.11. The van der Waals surface area contributed by atoms with Gasteiger partial charge in [-0.25, -0.2) is 0 Å². The van der Waals surface area contributed by atoms with Crippen molar-refractivity contribution in [3.8, 4) is 5.75 Å². The molecular formula is C27H30N2O4. The van der Waals surface area contributed by atoms with Gasteiger partial charge in [0.15, 0.2) is 5.76 Å². The number of nitrogens with one attached hydrogen (secondary N) is 1. The summed E-state index contributed by atoms with van der Waals surface area (Å²) in [6.07, 6.45) is 5.70. The number of piperidine rings is 1. The molecule has 0 saturated carbocycles. The van der Waals surface area contributed by atoms with Crippen LogP contribution in [0, 0.1) is 5.92 Å². The zero-order valence-corrected chi connectivity index (χ0v) is 19.0. The van der Waals surface area contributed by atoms with Crippen LogP contribution >= 0.6 is 0 Å². The van der Waals surface area contributed by atoms with Crippen molar-refractivity contribution in [3.63, 3.8) is 0 Å². The van der Waals surface area contributed by atoms with E-state index in [9.17, 15) is 9.59 Å². The summed E-state index contributed by atoms with van der Waals surface area (Å²) in [4.78, 5) is 26.9. The Bertz CT molecular complexity index is 1030. The molecule has 1 aliphatic heterocycles. The Labute approximate surface area is 194 Å². The van der Waals surface area contributed by atoms with Crippen molar-refractivity contribution in [2.24, 2.45) is 5.92 Å². The molecule has 2 aromatic carbocycles. The molecule has 0 aliphatic carbocycles. The van der Waals surface area contributed by atoms with Crippen LogP contribution in [0.1, 0.15) is 52.7 Å². The fourth-order valence-electron chi connectivity index (χ4n) is 4.19. The lowest BCUT2D eigenvalue weighted by molar-refractivity contribution is 0.0687. The first kappa shape index (κ1) is 22.6. The van der Waals surface area contributed by atoms with Gasteiger partial charge in [-0.05, 0) is 92.6 Å². The first-order valence-electron chi connectivity index (χ1n) is 11.6. The normalized spacial score (nSPS) is 14.2. The molecule has 1 aromatic heterocycles. The van der Waals surface area contributed by atoms with E-state index in [1.54, 1.807) is 36.4 Å². The molecule has 172 valence electrons. The van der Waals surface area contributed by atoms with E-state index in [1.807, 2.05) is 24.0 Å². The first-order chi connectivity index (χ1) is 16.1. The van der Waals surface area contributed by atoms with Crippen LogP contribution in [0.3, 0.4) is 0 Å². The summed E-state index contributed by atoms with van der Waals surface area (Å²) in [5, 5.41) is 2.77. The molecular weight excluding hydrogens is 416 g/mol. The smallest absolute Gasteiger partial charge is 0.291 e. The molecule has 1 fully saturated rings. The number of benzene rings is 2. The molecule has 1 aliphatic rings. The highest BCUT2D eigenvalue weighted by Gasteiger charge is 2.23. The number of rotatable bonds is 8. The summed E-state index contributed by atoms with van der Waals surface area (Å²) >= 11 is 0. The van der Waals surface area contributed by atoms with Crippen LogP contribution in [0.4, 0.5) is 5.69 Å². The second kappa shape index (κ2) is 10.9. The monoisotopic (exact) mass is 446 g/mol. The van der Waals surface area contributed by atoms with Gasteiger partial charge in [-0.1, -0.05) is 12.1 Å². The Morgan fingerprint density at radius 3 is 2.39 bits per heavy atom. The molecule has 2 amide bonds. The lowest BCUT2D eigenvalue weighted by Crippen LogP contribution is -2.38. The standard InChI is InChI=1S/C27H30N2O4/c1-2-32-24-13-7-20(8-14-24)5-6-21-15-17-29(18-16-21)27(31)22-9-11-23(12-10-22)28-26(30)25-4-3-19-33-25/h3-4,7-14,19,21H,2,5-6,15-18H2,1H3,(H,28,30). The quantitative estimate of drug-likeness (QED) is 0.502. The second-order valence-electron chi connectivity index (χ2n) is 8.36. The molecule has 6 nitrogen and oxygen atoms in total. The predicted octanol–water partition coefficient (Wildman–Crippen LogP) is 5.42. The highest BCUT2D eigenvalue weighted by molar-refractivity contribution is 6.02. The van der Waals surface area contributed by atoms with Gasteiger partial charge < -0.3 is 19.4 Å². The number of anilines is 1. The van der Waals surface area contributed by atoms with Crippen LogP contribution < -0.4 is 10.1 Å². The average molecular weight is 447 g/mol. The zero-order valence-electron chi connectivity index (χ0n) is 19.0. The summed E-state index contributed by atoms with van der Waals surface area (Å²) in [5.74, 6) is 1.54. The fourth-order valence-corrected chi connectivity index (χ4v) is 4.19. The first-order valence-corrected chi connectivity index (χ1v) is 11.6. The molecule has 0 radical (unpaired) electrons. The summed E-state index contributed by atoms with van der Waals surface area (Å²) in [6, 6.07) is 18.6. The zero-order chi connectivity index (χ0) is 23.0. The van der Waals surface area contributed by atoms with Crippen molar-refractivity contribution < 1.29 is 18.7 Å². The molecule has 6 heteroatoms. The van der Waals surface area contributed by atoms with E-state index in [0.717, 1.165) is 44.5 Å². The topological polar surface area (TPSA) is 71.8 Å². The maximum absolute atomic E-state index is 12.9. The van der Waals surface area contributed by atoms with E-state index in [2.05, 4.69) is 17.4 Å². The average Bonchev–Trinajstić information content (AvgIpc) is 3.40.